The van der Waals surface area contributed by atoms with Crippen molar-refractivity contribution in [2.75, 3.05) is 61.0 Å². The van der Waals surface area contributed by atoms with Crippen molar-refractivity contribution in [3.05, 3.63) is 47.5 Å². The Kier molecular flexibility index (Phi) is 9.07. The van der Waals surface area contributed by atoms with Crippen LogP contribution in [0.4, 0.5) is 13.2 Å². The molecule has 7 nitrogen and oxygen atoms in total. The van der Waals surface area contributed by atoms with Crippen molar-refractivity contribution < 1.29 is 27.4 Å². The third-order valence-electron chi connectivity index (χ3n) is 7.29. The van der Waals surface area contributed by atoms with Crippen LogP contribution in [0.5, 0.6) is 11.5 Å². The van der Waals surface area contributed by atoms with Crippen molar-refractivity contribution in [1.82, 2.24) is 20.1 Å². The number of alkyl halides is 3. The molecule has 2 heterocycles. The number of carbonyl (C=O) groups is 1. The largest absolute Gasteiger partial charge is 0.493 e. The number of methoxy groups -OCH3 is 2. The Morgan fingerprint density at radius 3 is 2.44 bits per heavy atom. The number of ether oxygens (including phenoxy) is 2. The summed E-state index contributed by atoms with van der Waals surface area (Å²) in [5.74, 6) is 1.20. The second kappa shape index (κ2) is 12.3. The molecule has 1 saturated heterocycles. The first-order chi connectivity index (χ1) is 18.6. The number of carbonyl (C=O) groups excluding carboxylic acids is 1. The fourth-order valence-electron chi connectivity index (χ4n) is 5.24. The van der Waals surface area contributed by atoms with Gasteiger partial charge in [0.1, 0.15) is 0 Å². The van der Waals surface area contributed by atoms with Crippen LogP contribution in [0.1, 0.15) is 29.9 Å². The van der Waals surface area contributed by atoms with Crippen LogP contribution in [0.25, 0.3) is 22.2 Å². The molecule has 39 heavy (non-hydrogen) atoms. The minimum atomic E-state index is -4.37. The van der Waals surface area contributed by atoms with E-state index in [1.165, 1.54) is 14.2 Å². The molecule has 0 radical (unpaired) electrons. The number of aromatic nitrogens is 1. The fraction of sp³-hybridized carbons (Fsp3) is 0.483. The molecule has 10 heteroatoms. The second-order valence-electron chi connectivity index (χ2n) is 10.3. The molecule has 1 aromatic heterocycles. The summed E-state index contributed by atoms with van der Waals surface area (Å²) in [5, 5.41) is 3.53. The first kappa shape index (κ1) is 28.8. The summed E-state index contributed by atoms with van der Waals surface area (Å²) < 4.78 is 51.9. The second-order valence-corrected chi connectivity index (χ2v) is 10.3. The number of nitrogens with zero attached hydrogens (tertiary/aromatic N) is 2. The molecule has 0 saturated carbocycles. The molecule has 2 aromatic carbocycles. The zero-order valence-electron chi connectivity index (χ0n) is 23.0. The Balaban J connectivity index is 1.54. The van der Waals surface area contributed by atoms with Gasteiger partial charge in [0.2, 0.25) is 5.91 Å². The van der Waals surface area contributed by atoms with Gasteiger partial charge >= 0.3 is 6.18 Å². The molecule has 0 aliphatic carbocycles. The third kappa shape index (κ3) is 7.24. The van der Waals surface area contributed by atoms with Gasteiger partial charge in [-0.3, -0.25) is 9.69 Å². The molecular formula is C29H37F3N4O3. The van der Waals surface area contributed by atoms with E-state index < -0.39 is 12.6 Å². The van der Waals surface area contributed by atoms with Crippen molar-refractivity contribution in [2.24, 2.45) is 0 Å². The van der Waals surface area contributed by atoms with Crippen LogP contribution in [0.2, 0.25) is 0 Å². The number of hydrogen-bond donors (Lipinski definition) is 2. The Labute approximate surface area is 227 Å². The number of likely N-dealkylation sites (tertiary alicyclic amines) is 1. The minimum absolute atomic E-state index is 0.0172. The van der Waals surface area contributed by atoms with Crippen molar-refractivity contribution in [2.45, 2.75) is 31.4 Å². The van der Waals surface area contributed by atoms with Crippen molar-refractivity contribution in [3.8, 4) is 22.8 Å². The van der Waals surface area contributed by atoms with Gasteiger partial charge in [-0.05, 0) is 87.4 Å². The minimum Gasteiger partial charge on any atom is -0.493 e. The number of likely N-dealkylation sites (N-methyl/N-ethyl adjacent to an activating group) is 1. The number of H-pyrrole nitrogens is 1. The average Bonchev–Trinajstić information content (AvgIpc) is 3.24. The molecule has 1 fully saturated rings. The number of rotatable bonds is 10. The summed E-state index contributed by atoms with van der Waals surface area (Å²) in [5.41, 5.74) is 2.93. The lowest BCUT2D eigenvalue weighted by Gasteiger charge is -2.31. The van der Waals surface area contributed by atoms with E-state index in [-0.39, 0.29) is 17.4 Å². The lowest BCUT2D eigenvalue weighted by atomic mass is 9.88. The lowest BCUT2D eigenvalue weighted by molar-refractivity contribution is -0.127. The first-order valence-corrected chi connectivity index (χ1v) is 13.2. The Bertz CT molecular complexity index is 1280. The third-order valence-corrected chi connectivity index (χ3v) is 7.29. The molecule has 4 rings (SSSR count). The first-order valence-electron chi connectivity index (χ1n) is 13.2. The highest BCUT2D eigenvalue weighted by atomic mass is 19.4. The molecule has 0 spiro atoms. The van der Waals surface area contributed by atoms with Crippen LogP contribution in [0.3, 0.4) is 0 Å². The summed E-state index contributed by atoms with van der Waals surface area (Å²) in [6, 6.07) is 10.9. The van der Waals surface area contributed by atoms with E-state index in [1.54, 1.807) is 18.2 Å². The van der Waals surface area contributed by atoms with Crippen LogP contribution in [0, 0.1) is 0 Å². The molecule has 2 N–H and O–H groups in total. The quantitative estimate of drug-likeness (QED) is 0.382. The average molecular weight is 547 g/mol. The predicted molar refractivity (Wildman–Crippen MR) is 147 cm³/mol. The van der Waals surface area contributed by atoms with Crippen LogP contribution >= 0.6 is 0 Å². The number of fused-ring (bicyclic) bond motifs is 1. The zero-order chi connectivity index (χ0) is 28.2. The van der Waals surface area contributed by atoms with E-state index in [9.17, 15) is 18.0 Å². The van der Waals surface area contributed by atoms with Crippen LogP contribution in [-0.2, 0) is 11.2 Å². The van der Waals surface area contributed by atoms with Gasteiger partial charge in [-0.15, -0.1) is 0 Å². The molecule has 1 aliphatic heterocycles. The molecule has 212 valence electrons. The van der Waals surface area contributed by atoms with Crippen molar-refractivity contribution >= 4 is 16.8 Å². The van der Waals surface area contributed by atoms with E-state index in [4.69, 9.17) is 9.47 Å². The molecule has 0 unspecified atom stereocenters. The maximum atomic E-state index is 13.7. The van der Waals surface area contributed by atoms with Gasteiger partial charge in [0, 0.05) is 29.6 Å². The summed E-state index contributed by atoms with van der Waals surface area (Å²) >= 11 is 0. The predicted octanol–water partition coefficient (Wildman–Crippen LogP) is 4.81. The van der Waals surface area contributed by atoms with E-state index >= 15 is 0 Å². The molecule has 3 aromatic rings. The Hall–Kier alpha value is -3.24. The topological polar surface area (TPSA) is 69.8 Å². The number of hydrogen-bond acceptors (Lipinski definition) is 5. The normalized spacial score (nSPS) is 15.2. The van der Waals surface area contributed by atoms with E-state index in [0.717, 1.165) is 38.0 Å². The van der Waals surface area contributed by atoms with E-state index in [2.05, 4.69) is 15.2 Å². The number of amides is 1. The molecule has 1 aliphatic rings. The van der Waals surface area contributed by atoms with Gasteiger partial charge in [0.05, 0.1) is 32.9 Å². The summed E-state index contributed by atoms with van der Waals surface area (Å²) in [7, 11) is 6.94. The van der Waals surface area contributed by atoms with Gasteiger partial charge in [0.25, 0.3) is 0 Å². The molecule has 1 amide bonds. The van der Waals surface area contributed by atoms with Gasteiger partial charge in [0.15, 0.2) is 11.5 Å². The van der Waals surface area contributed by atoms with Crippen LogP contribution in [0.15, 0.2) is 36.4 Å². The number of aromatic amines is 1. The molecule has 0 atom stereocenters. The SMILES string of the molecule is COc1ccc(-c2[nH]c3ccc(C4CCN(CC(=O)NCCN(C)C)CC4)cc3c2CC(F)(F)F)cc1OC. The summed E-state index contributed by atoms with van der Waals surface area (Å²) in [6.45, 7) is 3.30. The van der Waals surface area contributed by atoms with E-state index in [1.807, 2.05) is 37.2 Å². The number of piperidine rings is 1. The zero-order valence-corrected chi connectivity index (χ0v) is 23.0. The van der Waals surface area contributed by atoms with Crippen LogP contribution < -0.4 is 14.8 Å². The van der Waals surface area contributed by atoms with Gasteiger partial charge in [-0.2, -0.15) is 13.2 Å². The highest BCUT2D eigenvalue weighted by Gasteiger charge is 2.32. The Morgan fingerprint density at radius 1 is 1.08 bits per heavy atom. The highest BCUT2D eigenvalue weighted by molar-refractivity contribution is 5.91. The number of nitrogens with one attached hydrogen (secondary N) is 2. The van der Waals surface area contributed by atoms with Gasteiger partial charge in [-0.25, -0.2) is 0 Å². The standard InChI is InChI=1S/C29H37F3N4O3/c1-35(2)14-11-33-27(37)18-36-12-9-19(10-13-36)20-5-7-24-22(15-20)23(17-29(30,31)32)28(34-24)21-6-8-25(38-3)26(16-21)39-4/h5-8,15-16,19,34H,9-14,17-18H2,1-4H3,(H,33,37). The maximum Gasteiger partial charge on any atom is 0.393 e. The van der Waals surface area contributed by atoms with E-state index in [0.29, 0.717) is 46.7 Å². The lowest BCUT2D eigenvalue weighted by Crippen LogP contribution is -2.42. The molecular weight excluding hydrogens is 509 g/mol. The fourth-order valence-corrected chi connectivity index (χ4v) is 5.24. The van der Waals surface area contributed by atoms with Gasteiger partial charge in [-0.1, -0.05) is 6.07 Å². The number of benzene rings is 2. The monoisotopic (exact) mass is 546 g/mol. The van der Waals surface area contributed by atoms with Gasteiger partial charge < -0.3 is 24.7 Å². The van der Waals surface area contributed by atoms with Crippen molar-refractivity contribution in [3.63, 3.8) is 0 Å². The maximum absolute atomic E-state index is 13.7. The van der Waals surface area contributed by atoms with Crippen molar-refractivity contribution in [1.29, 1.82) is 0 Å². The smallest absolute Gasteiger partial charge is 0.393 e. The summed E-state index contributed by atoms with van der Waals surface area (Å²) in [4.78, 5) is 19.6. The van der Waals surface area contributed by atoms with Crippen LogP contribution in [-0.4, -0.2) is 87.9 Å². The Morgan fingerprint density at radius 2 is 1.79 bits per heavy atom. The summed E-state index contributed by atoms with van der Waals surface area (Å²) in [6.07, 6.45) is -3.72. The number of halogens is 3. The highest BCUT2D eigenvalue weighted by Crippen LogP contribution is 2.40. The molecule has 0 bridgehead atoms.